The van der Waals surface area contributed by atoms with E-state index in [4.69, 9.17) is 14.6 Å². The fraction of sp³-hybridized carbons (Fsp3) is 0.379. The molecule has 1 aliphatic carbocycles. The molecule has 0 spiro atoms. The van der Waals surface area contributed by atoms with E-state index >= 15 is 0 Å². The van der Waals surface area contributed by atoms with Crippen LogP contribution < -0.4 is 10.6 Å². The van der Waals surface area contributed by atoms with Gasteiger partial charge in [-0.25, -0.2) is 9.59 Å². The Kier molecular flexibility index (Phi) is 10.0. The maximum atomic E-state index is 13.0. The molecule has 0 heterocycles. The molecule has 0 aliphatic heterocycles. The van der Waals surface area contributed by atoms with Crippen LogP contribution in [0.1, 0.15) is 50.2 Å². The molecule has 9 nitrogen and oxygen atoms in total. The van der Waals surface area contributed by atoms with Crippen LogP contribution in [0.2, 0.25) is 0 Å². The van der Waals surface area contributed by atoms with Gasteiger partial charge < -0.3 is 25.2 Å². The number of carboxylic acids is 1. The lowest BCUT2D eigenvalue weighted by Crippen LogP contribution is -2.52. The average Bonchev–Trinajstić information content (AvgIpc) is 3.21. The van der Waals surface area contributed by atoms with E-state index in [9.17, 15) is 19.2 Å². The summed E-state index contributed by atoms with van der Waals surface area (Å²) in [5, 5.41) is 14.2. The van der Waals surface area contributed by atoms with E-state index < -0.39 is 36.0 Å². The lowest BCUT2D eigenvalue weighted by Gasteiger charge is -2.23. The Morgan fingerprint density at radius 3 is 2.11 bits per heavy atom. The zero-order chi connectivity index (χ0) is 27.7. The van der Waals surface area contributed by atoms with E-state index in [1.165, 1.54) is 6.08 Å². The molecular weight excluding hydrogens is 488 g/mol. The summed E-state index contributed by atoms with van der Waals surface area (Å²) in [6.07, 6.45) is 0.324. The Hall–Kier alpha value is -4.14. The number of alkyl carbamates (subject to hydrolysis) is 1. The SMILES string of the molecule is C=CCOC(=O)[C@H](CC(C)C)NC(=O)[C@H](CCC(=O)O)NC(=O)OCC1c2ccccc2-c2ccccc21. The lowest BCUT2D eigenvalue weighted by atomic mass is 9.98. The fourth-order valence-corrected chi connectivity index (χ4v) is 4.52. The zero-order valence-electron chi connectivity index (χ0n) is 21.6. The fourth-order valence-electron chi connectivity index (χ4n) is 4.52. The van der Waals surface area contributed by atoms with Crippen LogP contribution in [0.15, 0.2) is 61.2 Å². The first kappa shape index (κ1) is 28.4. The number of carbonyl (C=O) groups excluding carboxylic acids is 3. The maximum Gasteiger partial charge on any atom is 0.407 e. The monoisotopic (exact) mass is 522 g/mol. The third-order valence-electron chi connectivity index (χ3n) is 6.25. The predicted octanol–water partition coefficient (Wildman–Crippen LogP) is 4.02. The van der Waals surface area contributed by atoms with Crippen molar-refractivity contribution in [1.82, 2.24) is 10.6 Å². The molecule has 2 amide bonds. The van der Waals surface area contributed by atoms with Crippen molar-refractivity contribution in [1.29, 1.82) is 0 Å². The minimum atomic E-state index is -1.22. The molecule has 9 heteroatoms. The summed E-state index contributed by atoms with van der Waals surface area (Å²) in [5.41, 5.74) is 4.23. The number of carbonyl (C=O) groups is 4. The summed E-state index contributed by atoms with van der Waals surface area (Å²) in [6.45, 7) is 7.30. The van der Waals surface area contributed by atoms with E-state index in [1.54, 1.807) is 0 Å². The van der Waals surface area contributed by atoms with Crippen molar-refractivity contribution in [3.05, 3.63) is 72.3 Å². The third kappa shape index (κ3) is 7.44. The first-order valence-electron chi connectivity index (χ1n) is 12.6. The lowest BCUT2D eigenvalue weighted by molar-refractivity contribution is -0.147. The largest absolute Gasteiger partial charge is 0.481 e. The van der Waals surface area contributed by atoms with Gasteiger partial charge in [0.05, 0.1) is 0 Å². The summed E-state index contributed by atoms with van der Waals surface area (Å²) in [6, 6.07) is 13.6. The van der Waals surface area contributed by atoms with Crippen LogP contribution in [0.5, 0.6) is 0 Å². The van der Waals surface area contributed by atoms with Gasteiger partial charge in [-0.15, -0.1) is 0 Å². The third-order valence-corrected chi connectivity index (χ3v) is 6.25. The van der Waals surface area contributed by atoms with Crippen molar-refractivity contribution in [2.75, 3.05) is 13.2 Å². The van der Waals surface area contributed by atoms with Gasteiger partial charge in [0.2, 0.25) is 5.91 Å². The Bertz CT molecular complexity index is 1130. The number of hydrogen-bond donors (Lipinski definition) is 3. The second kappa shape index (κ2) is 13.4. The van der Waals surface area contributed by atoms with E-state index in [0.29, 0.717) is 6.42 Å². The highest BCUT2D eigenvalue weighted by atomic mass is 16.5. The number of carboxylic acid groups (broad SMARTS) is 1. The summed E-state index contributed by atoms with van der Waals surface area (Å²) in [7, 11) is 0. The highest BCUT2D eigenvalue weighted by Gasteiger charge is 2.31. The van der Waals surface area contributed by atoms with Gasteiger partial charge >= 0.3 is 18.0 Å². The Labute approximate surface area is 222 Å². The van der Waals surface area contributed by atoms with Crippen LogP contribution in [-0.4, -0.2) is 54.3 Å². The van der Waals surface area contributed by atoms with Crippen LogP contribution in [0.4, 0.5) is 4.79 Å². The number of esters is 1. The first-order chi connectivity index (χ1) is 18.2. The second-order valence-electron chi connectivity index (χ2n) is 9.56. The number of fused-ring (bicyclic) bond motifs is 3. The topological polar surface area (TPSA) is 131 Å². The molecule has 0 fully saturated rings. The van der Waals surface area contributed by atoms with Crippen molar-refractivity contribution >= 4 is 23.9 Å². The van der Waals surface area contributed by atoms with Gasteiger partial charge in [0.1, 0.15) is 25.3 Å². The highest BCUT2D eigenvalue weighted by Crippen LogP contribution is 2.44. The minimum absolute atomic E-state index is 0.0102. The van der Waals surface area contributed by atoms with E-state index in [1.807, 2.05) is 62.4 Å². The van der Waals surface area contributed by atoms with Crippen molar-refractivity contribution in [2.24, 2.45) is 5.92 Å². The Morgan fingerprint density at radius 1 is 0.947 bits per heavy atom. The van der Waals surface area contributed by atoms with Gasteiger partial charge in [0.15, 0.2) is 0 Å². The number of aliphatic carboxylic acids is 1. The van der Waals surface area contributed by atoms with Crippen LogP contribution in [0, 0.1) is 5.92 Å². The summed E-state index contributed by atoms with van der Waals surface area (Å²) < 4.78 is 10.6. The van der Waals surface area contributed by atoms with Gasteiger partial charge in [-0.3, -0.25) is 9.59 Å². The van der Waals surface area contributed by atoms with E-state index in [-0.39, 0.29) is 37.9 Å². The molecule has 0 aromatic heterocycles. The number of rotatable bonds is 13. The number of hydrogen-bond acceptors (Lipinski definition) is 6. The molecule has 0 saturated heterocycles. The predicted molar refractivity (Wildman–Crippen MR) is 141 cm³/mol. The molecule has 1 aliphatic rings. The number of amides is 2. The average molecular weight is 523 g/mol. The summed E-state index contributed by atoms with van der Waals surface area (Å²) >= 11 is 0. The molecule has 0 bridgehead atoms. The molecule has 0 unspecified atom stereocenters. The van der Waals surface area contributed by atoms with Crippen molar-refractivity contribution < 1.29 is 33.8 Å². The number of ether oxygens (including phenoxy) is 2. The van der Waals surface area contributed by atoms with Crippen LogP contribution in [0.25, 0.3) is 11.1 Å². The van der Waals surface area contributed by atoms with Gasteiger partial charge in [0.25, 0.3) is 0 Å². The summed E-state index contributed by atoms with van der Waals surface area (Å²) in [4.78, 5) is 49.4. The Morgan fingerprint density at radius 2 is 1.55 bits per heavy atom. The molecule has 38 heavy (non-hydrogen) atoms. The van der Waals surface area contributed by atoms with Crippen LogP contribution in [-0.2, 0) is 23.9 Å². The van der Waals surface area contributed by atoms with Crippen molar-refractivity contribution in [3.63, 3.8) is 0 Å². The molecular formula is C29H34N2O7. The molecule has 2 atom stereocenters. The number of nitrogens with one attached hydrogen (secondary N) is 2. The zero-order valence-corrected chi connectivity index (χ0v) is 21.6. The van der Waals surface area contributed by atoms with Crippen LogP contribution in [0.3, 0.4) is 0 Å². The van der Waals surface area contributed by atoms with Gasteiger partial charge in [-0.1, -0.05) is 75.0 Å². The van der Waals surface area contributed by atoms with E-state index in [0.717, 1.165) is 22.3 Å². The highest BCUT2D eigenvalue weighted by molar-refractivity contribution is 5.90. The molecule has 0 radical (unpaired) electrons. The minimum Gasteiger partial charge on any atom is -0.481 e. The van der Waals surface area contributed by atoms with Gasteiger partial charge in [-0.05, 0) is 41.0 Å². The molecule has 3 N–H and O–H groups in total. The van der Waals surface area contributed by atoms with Crippen molar-refractivity contribution in [2.45, 2.75) is 51.1 Å². The van der Waals surface area contributed by atoms with Gasteiger partial charge in [0, 0.05) is 12.3 Å². The van der Waals surface area contributed by atoms with Crippen molar-refractivity contribution in [3.8, 4) is 11.1 Å². The second-order valence-corrected chi connectivity index (χ2v) is 9.56. The molecule has 202 valence electrons. The van der Waals surface area contributed by atoms with E-state index in [2.05, 4.69) is 17.2 Å². The normalized spacial score (nSPS) is 13.6. The maximum absolute atomic E-state index is 13.0. The number of benzene rings is 2. The van der Waals surface area contributed by atoms with Gasteiger partial charge in [-0.2, -0.15) is 0 Å². The molecule has 2 aromatic rings. The quantitative estimate of drug-likeness (QED) is 0.267. The first-order valence-corrected chi connectivity index (χ1v) is 12.6. The Balaban J connectivity index is 1.68. The standard InChI is InChI=1S/C29H34N2O7/c1-4-15-37-28(35)25(16-18(2)3)30-27(34)24(13-14-26(32)33)31-29(36)38-17-23-21-11-7-5-9-19(21)20-10-6-8-12-22(20)23/h4-12,18,23-25H,1,13-17H2,2-3H3,(H,30,34)(H,31,36)(H,32,33)/t24-,25-/m0/s1. The van der Waals surface area contributed by atoms with Crippen LogP contribution >= 0.6 is 0 Å². The molecule has 3 rings (SSSR count). The molecule has 2 aromatic carbocycles. The summed E-state index contributed by atoms with van der Waals surface area (Å²) in [5.74, 6) is -2.56. The molecule has 0 saturated carbocycles. The smallest absolute Gasteiger partial charge is 0.407 e.